The zero-order chi connectivity index (χ0) is 16.8. The first-order chi connectivity index (χ1) is 11.0. The van der Waals surface area contributed by atoms with Crippen LogP contribution in [-0.2, 0) is 9.59 Å². The zero-order valence-electron chi connectivity index (χ0n) is 13.6. The second-order valence-corrected chi connectivity index (χ2v) is 6.44. The summed E-state index contributed by atoms with van der Waals surface area (Å²) in [6.45, 7) is 2.40. The molecule has 1 unspecified atom stereocenters. The summed E-state index contributed by atoms with van der Waals surface area (Å²) in [5.74, 6) is 0.154. The van der Waals surface area contributed by atoms with Crippen molar-refractivity contribution in [2.24, 2.45) is 5.73 Å². The molecule has 24 heavy (non-hydrogen) atoms. The van der Waals surface area contributed by atoms with E-state index in [0.717, 1.165) is 23.7 Å². The van der Waals surface area contributed by atoms with Crippen molar-refractivity contribution < 1.29 is 14.3 Å². The molecule has 0 aliphatic carbocycles. The topological polar surface area (TPSA) is 84.7 Å². The van der Waals surface area contributed by atoms with Crippen molar-refractivity contribution in [3.05, 3.63) is 22.7 Å². The number of nitrogens with one attached hydrogen (secondary N) is 1. The molecule has 1 atom stereocenters. The van der Waals surface area contributed by atoms with Gasteiger partial charge < -0.3 is 15.8 Å². The van der Waals surface area contributed by atoms with Crippen LogP contribution in [0.3, 0.4) is 0 Å². The fourth-order valence-corrected chi connectivity index (χ4v) is 2.81. The van der Waals surface area contributed by atoms with E-state index in [1.165, 1.54) is 4.90 Å². The summed E-state index contributed by atoms with van der Waals surface area (Å²) < 4.78 is 6.27. The third-order valence-electron chi connectivity index (χ3n) is 3.72. The van der Waals surface area contributed by atoms with Gasteiger partial charge in [0, 0.05) is 17.1 Å². The van der Waals surface area contributed by atoms with Crippen LogP contribution in [0.4, 0.5) is 5.69 Å². The summed E-state index contributed by atoms with van der Waals surface area (Å²) in [6, 6.07) is 5.32. The molecule has 134 valence electrons. The van der Waals surface area contributed by atoms with Crippen LogP contribution >= 0.6 is 28.3 Å². The van der Waals surface area contributed by atoms with Crippen LogP contribution in [0.25, 0.3) is 0 Å². The molecule has 1 heterocycles. The molecule has 2 rings (SSSR count). The first kappa shape index (κ1) is 20.7. The minimum Gasteiger partial charge on any atom is -0.482 e. The average Bonchev–Trinajstić information content (AvgIpc) is 2.54. The van der Waals surface area contributed by atoms with Crippen LogP contribution in [0.15, 0.2) is 22.7 Å². The molecule has 1 aliphatic rings. The molecule has 0 aromatic heterocycles. The lowest BCUT2D eigenvalue weighted by molar-refractivity contribution is -0.125. The van der Waals surface area contributed by atoms with Crippen molar-refractivity contribution >= 4 is 45.8 Å². The number of hydrogen-bond donors (Lipinski definition) is 2. The number of anilines is 1. The molecule has 1 aromatic rings. The summed E-state index contributed by atoms with van der Waals surface area (Å²) in [5.41, 5.74) is 6.30. The van der Waals surface area contributed by atoms with Crippen molar-refractivity contribution in [2.45, 2.75) is 32.2 Å². The molecule has 8 heteroatoms. The van der Waals surface area contributed by atoms with Crippen molar-refractivity contribution in [2.75, 3.05) is 24.6 Å². The van der Waals surface area contributed by atoms with E-state index >= 15 is 0 Å². The highest BCUT2D eigenvalue weighted by atomic mass is 79.9. The van der Waals surface area contributed by atoms with Gasteiger partial charge in [-0.2, -0.15) is 0 Å². The van der Waals surface area contributed by atoms with Gasteiger partial charge in [-0.05, 0) is 24.6 Å². The van der Waals surface area contributed by atoms with Gasteiger partial charge in [-0.3, -0.25) is 14.5 Å². The second kappa shape index (κ2) is 9.86. The molecule has 2 amide bonds. The number of carbonyl (C=O) groups is 2. The van der Waals surface area contributed by atoms with E-state index in [0.29, 0.717) is 18.0 Å². The number of rotatable bonds is 7. The number of unbranched alkanes of at least 4 members (excludes halogenated alkanes) is 1. The fraction of sp³-hybridized carbons (Fsp3) is 0.500. The van der Waals surface area contributed by atoms with Crippen LogP contribution in [0, 0.1) is 0 Å². The van der Waals surface area contributed by atoms with E-state index < -0.39 is 0 Å². The molecule has 3 N–H and O–H groups in total. The number of carbonyl (C=O) groups excluding carboxylic acids is 2. The quantitative estimate of drug-likeness (QED) is 0.708. The smallest absolute Gasteiger partial charge is 0.265 e. The summed E-state index contributed by atoms with van der Waals surface area (Å²) in [4.78, 5) is 25.8. The Bertz CT molecular complexity index is 586. The molecule has 0 spiro atoms. The number of halogens is 2. The number of nitrogens with zero attached hydrogens (tertiary/aromatic N) is 1. The average molecular weight is 421 g/mol. The van der Waals surface area contributed by atoms with Crippen LogP contribution in [0.5, 0.6) is 5.75 Å². The monoisotopic (exact) mass is 419 g/mol. The van der Waals surface area contributed by atoms with Gasteiger partial charge in [0.15, 0.2) is 6.61 Å². The van der Waals surface area contributed by atoms with E-state index in [4.69, 9.17) is 10.5 Å². The summed E-state index contributed by atoms with van der Waals surface area (Å²) >= 11 is 3.37. The van der Waals surface area contributed by atoms with Gasteiger partial charge in [0.25, 0.3) is 5.91 Å². The third-order valence-corrected chi connectivity index (χ3v) is 4.22. The van der Waals surface area contributed by atoms with Gasteiger partial charge in [0.1, 0.15) is 12.3 Å². The Morgan fingerprint density at radius 1 is 1.50 bits per heavy atom. The molecule has 0 radical (unpaired) electrons. The Morgan fingerprint density at radius 2 is 2.25 bits per heavy atom. The number of amides is 2. The Hall–Kier alpha value is -1.31. The van der Waals surface area contributed by atoms with E-state index in [9.17, 15) is 9.59 Å². The SMILES string of the molecule is CCCCC(CN)NC(=O)CN1C(=O)COc2cc(Br)ccc21.Cl. The van der Waals surface area contributed by atoms with Crippen molar-refractivity contribution in [3.8, 4) is 5.75 Å². The maximum Gasteiger partial charge on any atom is 0.265 e. The van der Waals surface area contributed by atoms with Gasteiger partial charge in [0.05, 0.1) is 5.69 Å². The van der Waals surface area contributed by atoms with Crippen molar-refractivity contribution in [1.29, 1.82) is 0 Å². The van der Waals surface area contributed by atoms with Crippen LogP contribution in [0.1, 0.15) is 26.2 Å². The van der Waals surface area contributed by atoms with Gasteiger partial charge >= 0.3 is 0 Å². The van der Waals surface area contributed by atoms with Gasteiger partial charge in [0.2, 0.25) is 5.91 Å². The molecule has 6 nitrogen and oxygen atoms in total. The molecule has 1 aromatic carbocycles. The van der Waals surface area contributed by atoms with E-state index in [-0.39, 0.29) is 43.4 Å². The number of hydrogen-bond acceptors (Lipinski definition) is 4. The number of ether oxygens (including phenoxy) is 1. The Balaban J connectivity index is 0.00000288. The molecular formula is C16H23BrClN3O3. The van der Waals surface area contributed by atoms with E-state index in [1.54, 1.807) is 12.1 Å². The Morgan fingerprint density at radius 3 is 2.92 bits per heavy atom. The predicted molar refractivity (Wildman–Crippen MR) is 99.7 cm³/mol. The maximum atomic E-state index is 12.3. The highest BCUT2D eigenvalue weighted by molar-refractivity contribution is 9.10. The molecule has 0 fully saturated rings. The first-order valence-corrected chi connectivity index (χ1v) is 8.56. The number of nitrogens with two attached hydrogens (primary N) is 1. The van der Waals surface area contributed by atoms with Crippen LogP contribution in [-0.4, -0.2) is 37.6 Å². The lowest BCUT2D eigenvalue weighted by Gasteiger charge is -2.29. The maximum absolute atomic E-state index is 12.3. The summed E-state index contributed by atoms with van der Waals surface area (Å²) in [6.07, 6.45) is 2.91. The number of fused-ring (bicyclic) bond motifs is 1. The fourth-order valence-electron chi connectivity index (χ4n) is 2.47. The molecule has 0 bridgehead atoms. The molecule has 1 aliphatic heterocycles. The van der Waals surface area contributed by atoms with Gasteiger partial charge in [-0.1, -0.05) is 35.7 Å². The largest absolute Gasteiger partial charge is 0.482 e. The highest BCUT2D eigenvalue weighted by Crippen LogP contribution is 2.34. The lowest BCUT2D eigenvalue weighted by Crippen LogP contribution is -2.48. The minimum absolute atomic E-state index is 0. The third kappa shape index (κ3) is 5.36. The number of benzene rings is 1. The predicted octanol–water partition coefficient (Wildman–Crippen LogP) is 2.23. The highest BCUT2D eigenvalue weighted by Gasteiger charge is 2.27. The normalized spacial score (nSPS) is 14.3. The zero-order valence-corrected chi connectivity index (χ0v) is 16.0. The summed E-state index contributed by atoms with van der Waals surface area (Å²) in [7, 11) is 0. The Kier molecular flexibility index (Phi) is 8.52. The van der Waals surface area contributed by atoms with Gasteiger partial charge in [-0.15, -0.1) is 12.4 Å². The van der Waals surface area contributed by atoms with Crippen LogP contribution in [0.2, 0.25) is 0 Å². The van der Waals surface area contributed by atoms with Crippen molar-refractivity contribution in [3.63, 3.8) is 0 Å². The molecular weight excluding hydrogens is 398 g/mol. The molecule has 0 saturated heterocycles. The first-order valence-electron chi connectivity index (χ1n) is 7.77. The lowest BCUT2D eigenvalue weighted by atomic mass is 10.1. The van der Waals surface area contributed by atoms with E-state index in [1.807, 2.05) is 6.07 Å². The van der Waals surface area contributed by atoms with Gasteiger partial charge in [-0.25, -0.2) is 0 Å². The minimum atomic E-state index is -0.229. The van der Waals surface area contributed by atoms with Crippen molar-refractivity contribution in [1.82, 2.24) is 5.32 Å². The van der Waals surface area contributed by atoms with E-state index in [2.05, 4.69) is 28.2 Å². The Labute approximate surface area is 156 Å². The standard InChI is InChI=1S/C16H22BrN3O3.ClH/c1-2-3-4-12(8-18)19-15(21)9-20-13-6-5-11(17)7-14(13)23-10-16(20)22;/h5-7,12H,2-4,8-10,18H2,1H3,(H,19,21);1H. The second-order valence-electron chi connectivity index (χ2n) is 5.52. The molecule has 0 saturated carbocycles. The summed E-state index contributed by atoms with van der Waals surface area (Å²) in [5, 5.41) is 2.90. The van der Waals surface area contributed by atoms with Crippen LogP contribution < -0.4 is 20.7 Å².